The fraction of sp³-hybridized carbons (Fsp3) is 0.364. The van der Waals surface area contributed by atoms with Crippen molar-refractivity contribution in [1.82, 2.24) is 0 Å². The van der Waals surface area contributed by atoms with Crippen molar-refractivity contribution in [2.24, 2.45) is 5.92 Å². The zero-order valence-electron chi connectivity index (χ0n) is 7.88. The van der Waals surface area contributed by atoms with Gasteiger partial charge in [0.2, 0.25) is 0 Å². The molecule has 1 aromatic carbocycles. The minimum Gasteiger partial charge on any atom is -0.300 e. The predicted octanol–water partition coefficient (Wildman–Crippen LogP) is 2.59. The molecule has 0 spiro atoms. The molecule has 1 unspecified atom stereocenters. The summed E-state index contributed by atoms with van der Waals surface area (Å²) in [5, 5.41) is 0. The van der Waals surface area contributed by atoms with E-state index in [-0.39, 0.29) is 17.5 Å². The third-order valence-electron chi connectivity index (χ3n) is 2.15. The molecule has 0 aromatic heterocycles. The van der Waals surface area contributed by atoms with Gasteiger partial charge in [-0.05, 0) is 31.0 Å². The maximum Gasteiger partial charge on any atom is 0.132 e. The summed E-state index contributed by atoms with van der Waals surface area (Å²) in [6, 6.07) is 6.27. The van der Waals surface area contributed by atoms with Crippen LogP contribution in [0.2, 0.25) is 0 Å². The first-order valence-corrected chi connectivity index (χ1v) is 4.34. The second-order valence-electron chi connectivity index (χ2n) is 3.34. The molecular weight excluding hydrogens is 167 g/mol. The Morgan fingerprint density at radius 1 is 1.38 bits per heavy atom. The molecule has 0 radical (unpaired) electrons. The summed E-state index contributed by atoms with van der Waals surface area (Å²) in [6.07, 6.45) is 0.690. The SMILES string of the molecule is CC(=O)C(C)Cc1ccc(F)cc1. The Hall–Kier alpha value is -1.18. The van der Waals surface area contributed by atoms with Crippen LogP contribution in [0.15, 0.2) is 24.3 Å². The lowest BCUT2D eigenvalue weighted by molar-refractivity contribution is -0.120. The van der Waals surface area contributed by atoms with Crippen molar-refractivity contribution in [2.75, 3.05) is 0 Å². The molecule has 0 aliphatic carbocycles. The van der Waals surface area contributed by atoms with E-state index in [1.54, 1.807) is 19.1 Å². The van der Waals surface area contributed by atoms with Crippen molar-refractivity contribution < 1.29 is 9.18 Å². The highest BCUT2D eigenvalue weighted by Gasteiger charge is 2.07. The summed E-state index contributed by atoms with van der Waals surface area (Å²) < 4.78 is 12.5. The molecule has 70 valence electrons. The van der Waals surface area contributed by atoms with Gasteiger partial charge in [0.15, 0.2) is 0 Å². The zero-order valence-corrected chi connectivity index (χ0v) is 7.88. The maximum absolute atomic E-state index is 12.5. The van der Waals surface area contributed by atoms with Gasteiger partial charge in [-0.3, -0.25) is 4.79 Å². The van der Waals surface area contributed by atoms with Crippen LogP contribution in [-0.2, 0) is 11.2 Å². The number of ketones is 1. The Bertz CT molecular complexity index is 289. The van der Waals surface area contributed by atoms with Crippen LogP contribution in [0.4, 0.5) is 4.39 Å². The molecule has 0 aliphatic rings. The van der Waals surface area contributed by atoms with Crippen molar-refractivity contribution in [3.63, 3.8) is 0 Å². The maximum atomic E-state index is 12.5. The van der Waals surface area contributed by atoms with Gasteiger partial charge in [-0.1, -0.05) is 19.1 Å². The standard InChI is InChI=1S/C11H13FO/c1-8(9(2)13)7-10-3-5-11(12)6-4-10/h3-6,8H,7H2,1-2H3. The van der Waals surface area contributed by atoms with Crippen LogP contribution in [0, 0.1) is 11.7 Å². The molecule has 0 amide bonds. The average molecular weight is 180 g/mol. The largest absolute Gasteiger partial charge is 0.300 e. The first-order chi connectivity index (χ1) is 6.09. The van der Waals surface area contributed by atoms with Crippen molar-refractivity contribution in [1.29, 1.82) is 0 Å². The molecule has 1 rings (SSSR count). The van der Waals surface area contributed by atoms with E-state index in [1.165, 1.54) is 12.1 Å². The van der Waals surface area contributed by atoms with Gasteiger partial charge in [0.1, 0.15) is 11.6 Å². The first-order valence-electron chi connectivity index (χ1n) is 4.34. The van der Waals surface area contributed by atoms with Crippen molar-refractivity contribution >= 4 is 5.78 Å². The molecule has 2 heteroatoms. The molecule has 0 heterocycles. The van der Waals surface area contributed by atoms with Gasteiger partial charge < -0.3 is 0 Å². The topological polar surface area (TPSA) is 17.1 Å². The van der Waals surface area contributed by atoms with Crippen LogP contribution in [0.1, 0.15) is 19.4 Å². The Morgan fingerprint density at radius 2 is 1.92 bits per heavy atom. The summed E-state index contributed by atoms with van der Waals surface area (Å²) in [5.74, 6) is -0.0472. The molecule has 1 nitrogen and oxygen atoms in total. The zero-order chi connectivity index (χ0) is 9.84. The summed E-state index contributed by atoms with van der Waals surface area (Å²) in [4.78, 5) is 10.9. The Morgan fingerprint density at radius 3 is 2.38 bits per heavy atom. The average Bonchev–Trinajstić information content (AvgIpc) is 2.08. The van der Waals surface area contributed by atoms with E-state index in [4.69, 9.17) is 0 Å². The molecule has 1 atom stereocenters. The lowest BCUT2D eigenvalue weighted by Gasteiger charge is -2.06. The van der Waals surface area contributed by atoms with E-state index in [0.717, 1.165) is 5.56 Å². The summed E-state index contributed by atoms with van der Waals surface area (Å²) in [7, 11) is 0. The van der Waals surface area contributed by atoms with E-state index < -0.39 is 0 Å². The van der Waals surface area contributed by atoms with Crippen molar-refractivity contribution in [3.8, 4) is 0 Å². The lowest BCUT2D eigenvalue weighted by Crippen LogP contribution is -2.09. The van der Waals surface area contributed by atoms with Crippen molar-refractivity contribution in [3.05, 3.63) is 35.6 Å². The smallest absolute Gasteiger partial charge is 0.132 e. The van der Waals surface area contributed by atoms with Crippen LogP contribution in [0.5, 0.6) is 0 Å². The van der Waals surface area contributed by atoms with Crippen LogP contribution in [-0.4, -0.2) is 5.78 Å². The number of halogens is 1. The number of benzene rings is 1. The van der Waals surface area contributed by atoms with Gasteiger partial charge in [0.05, 0.1) is 0 Å². The number of hydrogen-bond acceptors (Lipinski definition) is 1. The number of Topliss-reactive ketones (excluding diaryl/α,β-unsaturated/α-hetero) is 1. The van der Waals surface area contributed by atoms with Crippen LogP contribution in [0.3, 0.4) is 0 Å². The normalized spacial score (nSPS) is 12.5. The number of carbonyl (C=O) groups excluding carboxylic acids is 1. The highest BCUT2D eigenvalue weighted by molar-refractivity contribution is 5.78. The summed E-state index contributed by atoms with van der Waals surface area (Å²) in [6.45, 7) is 3.46. The minimum absolute atomic E-state index is 0.0189. The van der Waals surface area contributed by atoms with E-state index in [0.29, 0.717) is 6.42 Å². The molecule has 0 saturated heterocycles. The van der Waals surface area contributed by atoms with Gasteiger partial charge >= 0.3 is 0 Å². The van der Waals surface area contributed by atoms with Gasteiger partial charge in [0.25, 0.3) is 0 Å². The molecule has 0 bridgehead atoms. The van der Waals surface area contributed by atoms with Crippen LogP contribution < -0.4 is 0 Å². The molecule has 13 heavy (non-hydrogen) atoms. The number of hydrogen-bond donors (Lipinski definition) is 0. The third kappa shape index (κ3) is 2.98. The minimum atomic E-state index is -0.237. The van der Waals surface area contributed by atoms with E-state index in [9.17, 15) is 9.18 Å². The van der Waals surface area contributed by atoms with Crippen LogP contribution in [0.25, 0.3) is 0 Å². The van der Waals surface area contributed by atoms with Gasteiger partial charge in [0, 0.05) is 5.92 Å². The van der Waals surface area contributed by atoms with E-state index in [2.05, 4.69) is 0 Å². The molecular formula is C11H13FO. The predicted molar refractivity (Wildman–Crippen MR) is 49.9 cm³/mol. The first kappa shape index (κ1) is 9.90. The van der Waals surface area contributed by atoms with Gasteiger partial charge in [-0.25, -0.2) is 4.39 Å². The summed E-state index contributed by atoms with van der Waals surface area (Å²) in [5.41, 5.74) is 1.00. The van der Waals surface area contributed by atoms with Gasteiger partial charge in [-0.15, -0.1) is 0 Å². The van der Waals surface area contributed by atoms with E-state index in [1.807, 2.05) is 6.92 Å². The second kappa shape index (κ2) is 4.17. The Labute approximate surface area is 77.6 Å². The fourth-order valence-electron chi connectivity index (χ4n) is 1.12. The van der Waals surface area contributed by atoms with Crippen molar-refractivity contribution in [2.45, 2.75) is 20.3 Å². The quantitative estimate of drug-likeness (QED) is 0.698. The molecule has 0 aliphatic heterocycles. The highest BCUT2D eigenvalue weighted by Crippen LogP contribution is 2.10. The second-order valence-corrected chi connectivity index (χ2v) is 3.34. The Kier molecular flexibility index (Phi) is 3.18. The van der Waals surface area contributed by atoms with Crippen LogP contribution >= 0.6 is 0 Å². The third-order valence-corrected chi connectivity index (χ3v) is 2.15. The summed E-state index contributed by atoms with van der Waals surface area (Å²) >= 11 is 0. The molecule has 0 saturated carbocycles. The monoisotopic (exact) mass is 180 g/mol. The molecule has 1 aromatic rings. The molecule has 0 fully saturated rings. The highest BCUT2D eigenvalue weighted by atomic mass is 19.1. The van der Waals surface area contributed by atoms with Gasteiger partial charge in [-0.2, -0.15) is 0 Å². The number of carbonyl (C=O) groups is 1. The lowest BCUT2D eigenvalue weighted by atomic mass is 9.98. The Balaban J connectivity index is 2.64. The fourth-order valence-corrected chi connectivity index (χ4v) is 1.12. The number of rotatable bonds is 3. The molecule has 0 N–H and O–H groups in total. The van der Waals surface area contributed by atoms with E-state index >= 15 is 0 Å².